The maximum absolute atomic E-state index is 12.4. The van der Waals surface area contributed by atoms with Gasteiger partial charge in [0.25, 0.3) is 15.9 Å². The fourth-order valence-electron chi connectivity index (χ4n) is 2.25. The highest BCUT2D eigenvalue weighted by molar-refractivity contribution is 7.92. The van der Waals surface area contributed by atoms with E-state index in [2.05, 4.69) is 15.0 Å². The molecule has 6 nitrogen and oxygen atoms in total. The summed E-state index contributed by atoms with van der Waals surface area (Å²) >= 11 is 5.79. The first-order chi connectivity index (χ1) is 12.8. The Morgan fingerprint density at radius 1 is 0.963 bits per heavy atom. The molecule has 3 rings (SSSR count). The van der Waals surface area contributed by atoms with Gasteiger partial charge in [-0.3, -0.25) is 9.52 Å². The molecule has 1 aromatic heterocycles. The molecule has 0 spiro atoms. The van der Waals surface area contributed by atoms with Crippen LogP contribution in [0.25, 0.3) is 0 Å². The average Bonchev–Trinajstić information content (AvgIpc) is 2.65. The second kappa shape index (κ2) is 7.77. The number of aromatic nitrogens is 1. The molecule has 0 aliphatic carbocycles. The Kier molecular flexibility index (Phi) is 5.43. The van der Waals surface area contributed by atoms with Crippen molar-refractivity contribution in [1.29, 1.82) is 0 Å². The van der Waals surface area contributed by atoms with Crippen molar-refractivity contribution in [2.45, 2.75) is 11.8 Å². The zero-order chi connectivity index (χ0) is 19.4. The Hall–Kier alpha value is -2.90. The van der Waals surface area contributed by atoms with Crippen LogP contribution in [0.1, 0.15) is 15.9 Å². The molecule has 1 heterocycles. The standard InChI is InChI=1S/C19H16ClN3O3S/c1-13-2-11-18(21-12-13)22-19(24)14-3-9-17(10-4-14)27(25,26)23-16-7-5-15(20)6-8-16/h2-12,23H,1H3,(H,21,22,24). The van der Waals surface area contributed by atoms with E-state index < -0.39 is 10.0 Å². The number of carbonyl (C=O) groups excluding carboxylic acids is 1. The van der Waals surface area contributed by atoms with Crippen LogP contribution >= 0.6 is 11.6 Å². The summed E-state index contributed by atoms with van der Waals surface area (Å²) in [7, 11) is -3.77. The minimum Gasteiger partial charge on any atom is -0.307 e. The van der Waals surface area contributed by atoms with Crippen LogP contribution in [0.2, 0.25) is 5.02 Å². The first-order valence-electron chi connectivity index (χ1n) is 7.96. The van der Waals surface area contributed by atoms with Crippen molar-refractivity contribution in [2.75, 3.05) is 10.0 Å². The number of halogens is 1. The third kappa shape index (κ3) is 4.84. The molecule has 0 saturated carbocycles. The van der Waals surface area contributed by atoms with Crippen LogP contribution in [-0.2, 0) is 10.0 Å². The van der Waals surface area contributed by atoms with Gasteiger partial charge in [-0.15, -0.1) is 0 Å². The Morgan fingerprint density at radius 3 is 2.22 bits per heavy atom. The molecule has 8 heteroatoms. The molecule has 138 valence electrons. The number of benzene rings is 2. The van der Waals surface area contributed by atoms with E-state index in [1.165, 1.54) is 24.3 Å². The van der Waals surface area contributed by atoms with Crippen molar-refractivity contribution >= 4 is 39.0 Å². The lowest BCUT2D eigenvalue weighted by Gasteiger charge is -2.09. The third-order valence-electron chi connectivity index (χ3n) is 3.68. The van der Waals surface area contributed by atoms with Gasteiger partial charge in [0.05, 0.1) is 4.90 Å². The van der Waals surface area contributed by atoms with Crippen LogP contribution < -0.4 is 10.0 Å². The van der Waals surface area contributed by atoms with Gasteiger partial charge in [0.15, 0.2) is 0 Å². The highest BCUT2D eigenvalue weighted by Crippen LogP contribution is 2.19. The lowest BCUT2D eigenvalue weighted by molar-refractivity contribution is 0.102. The number of aryl methyl sites for hydroxylation is 1. The fraction of sp³-hybridized carbons (Fsp3) is 0.0526. The van der Waals surface area contributed by atoms with Crippen molar-refractivity contribution in [1.82, 2.24) is 4.98 Å². The zero-order valence-electron chi connectivity index (χ0n) is 14.3. The van der Waals surface area contributed by atoms with Gasteiger partial charge in [-0.2, -0.15) is 0 Å². The Labute approximate surface area is 162 Å². The molecule has 0 atom stereocenters. The summed E-state index contributed by atoms with van der Waals surface area (Å²) in [6, 6.07) is 15.5. The highest BCUT2D eigenvalue weighted by Gasteiger charge is 2.15. The molecule has 1 amide bonds. The number of nitrogens with one attached hydrogen (secondary N) is 2. The molecule has 2 aromatic carbocycles. The summed E-state index contributed by atoms with van der Waals surface area (Å²) in [5.41, 5.74) is 1.70. The van der Waals surface area contributed by atoms with E-state index in [0.29, 0.717) is 22.1 Å². The molecule has 0 aliphatic heterocycles. The number of amides is 1. The topological polar surface area (TPSA) is 88.2 Å². The number of hydrogen-bond acceptors (Lipinski definition) is 4. The Balaban J connectivity index is 1.72. The zero-order valence-corrected chi connectivity index (χ0v) is 15.9. The first-order valence-corrected chi connectivity index (χ1v) is 9.82. The highest BCUT2D eigenvalue weighted by atomic mass is 35.5. The van der Waals surface area contributed by atoms with Gasteiger partial charge >= 0.3 is 0 Å². The SMILES string of the molecule is Cc1ccc(NC(=O)c2ccc(S(=O)(=O)Nc3ccc(Cl)cc3)cc2)nc1. The van der Waals surface area contributed by atoms with Crippen LogP contribution in [0.15, 0.2) is 71.8 Å². The van der Waals surface area contributed by atoms with E-state index in [9.17, 15) is 13.2 Å². The lowest BCUT2D eigenvalue weighted by atomic mass is 10.2. The van der Waals surface area contributed by atoms with Gasteiger partial charge in [-0.05, 0) is 67.1 Å². The molecule has 0 aliphatic rings. The number of hydrogen-bond donors (Lipinski definition) is 2. The maximum Gasteiger partial charge on any atom is 0.261 e. The van der Waals surface area contributed by atoms with Crippen molar-refractivity contribution in [2.24, 2.45) is 0 Å². The van der Waals surface area contributed by atoms with Crippen LogP contribution in [0, 0.1) is 6.92 Å². The molecular weight excluding hydrogens is 386 g/mol. The van der Waals surface area contributed by atoms with Gasteiger partial charge in [0.1, 0.15) is 5.82 Å². The Morgan fingerprint density at radius 2 is 1.63 bits per heavy atom. The predicted octanol–water partition coefficient (Wildman–Crippen LogP) is 4.10. The number of rotatable bonds is 5. The normalized spacial score (nSPS) is 11.0. The molecule has 0 radical (unpaired) electrons. The molecule has 0 fully saturated rings. The van der Waals surface area contributed by atoms with E-state index in [4.69, 9.17) is 11.6 Å². The second-order valence-corrected chi connectivity index (χ2v) is 7.93. The summed E-state index contributed by atoms with van der Waals surface area (Å²) in [5.74, 6) is 0.0488. The largest absolute Gasteiger partial charge is 0.307 e. The minimum absolute atomic E-state index is 0.0439. The van der Waals surface area contributed by atoms with E-state index in [-0.39, 0.29) is 10.8 Å². The third-order valence-corrected chi connectivity index (χ3v) is 5.33. The average molecular weight is 402 g/mol. The number of sulfonamides is 1. The van der Waals surface area contributed by atoms with E-state index >= 15 is 0 Å². The van der Waals surface area contributed by atoms with E-state index in [1.807, 2.05) is 13.0 Å². The number of anilines is 2. The summed E-state index contributed by atoms with van der Waals surface area (Å²) in [4.78, 5) is 16.4. The number of nitrogens with zero attached hydrogens (tertiary/aromatic N) is 1. The van der Waals surface area contributed by atoms with Crippen molar-refractivity contribution in [3.05, 3.63) is 83.0 Å². The van der Waals surface area contributed by atoms with Crippen molar-refractivity contribution in [3.8, 4) is 0 Å². The predicted molar refractivity (Wildman–Crippen MR) is 106 cm³/mol. The van der Waals surface area contributed by atoms with Gasteiger partial charge in [-0.1, -0.05) is 17.7 Å². The molecule has 3 aromatic rings. The second-order valence-electron chi connectivity index (χ2n) is 5.81. The molecule has 0 saturated heterocycles. The number of carbonyl (C=O) groups is 1. The molecule has 27 heavy (non-hydrogen) atoms. The molecule has 0 bridgehead atoms. The van der Waals surface area contributed by atoms with E-state index in [0.717, 1.165) is 5.56 Å². The van der Waals surface area contributed by atoms with Gasteiger partial charge in [0.2, 0.25) is 0 Å². The van der Waals surface area contributed by atoms with Crippen LogP contribution in [-0.4, -0.2) is 19.3 Å². The quantitative estimate of drug-likeness (QED) is 0.673. The smallest absolute Gasteiger partial charge is 0.261 e. The Bertz CT molecular complexity index is 1050. The summed E-state index contributed by atoms with van der Waals surface area (Å²) < 4.78 is 27.3. The van der Waals surface area contributed by atoms with E-state index in [1.54, 1.807) is 36.5 Å². The fourth-order valence-corrected chi connectivity index (χ4v) is 3.43. The van der Waals surface area contributed by atoms with Crippen LogP contribution in [0.4, 0.5) is 11.5 Å². The summed E-state index contributed by atoms with van der Waals surface area (Å²) in [5, 5.41) is 3.17. The summed E-state index contributed by atoms with van der Waals surface area (Å²) in [6.45, 7) is 1.90. The molecular formula is C19H16ClN3O3S. The monoisotopic (exact) mass is 401 g/mol. The van der Waals surface area contributed by atoms with Gasteiger partial charge in [-0.25, -0.2) is 13.4 Å². The first kappa shape index (κ1) is 18.9. The van der Waals surface area contributed by atoms with Crippen molar-refractivity contribution < 1.29 is 13.2 Å². The van der Waals surface area contributed by atoms with Gasteiger partial charge < -0.3 is 5.32 Å². The minimum atomic E-state index is -3.77. The number of pyridine rings is 1. The lowest BCUT2D eigenvalue weighted by Crippen LogP contribution is -2.15. The molecule has 2 N–H and O–H groups in total. The maximum atomic E-state index is 12.4. The van der Waals surface area contributed by atoms with Crippen LogP contribution in [0.3, 0.4) is 0 Å². The van der Waals surface area contributed by atoms with Crippen LogP contribution in [0.5, 0.6) is 0 Å². The molecule has 0 unspecified atom stereocenters. The summed E-state index contributed by atoms with van der Waals surface area (Å²) in [6.07, 6.45) is 1.65. The van der Waals surface area contributed by atoms with Gasteiger partial charge in [0, 0.05) is 22.5 Å². The van der Waals surface area contributed by atoms with Crippen molar-refractivity contribution in [3.63, 3.8) is 0 Å².